The fourth-order valence-corrected chi connectivity index (χ4v) is 11.2. The molecule has 17 heteroatoms. The lowest BCUT2D eigenvalue weighted by molar-refractivity contribution is 0.242. The summed E-state index contributed by atoms with van der Waals surface area (Å²) in [4.78, 5) is 54.9. The van der Waals surface area contributed by atoms with Gasteiger partial charge in [0, 0.05) is 52.6 Å². The van der Waals surface area contributed by atoms with Gasteiger partial charge in [-0.1, -0.05) is 164 Å². The zero-order valence-corrected chi connectivity index (χ0v) is 71.1. The lowest BCUT2D eigenvalue weighted by Crippen LogP contribution is -2.21. The largest absolute Gasteiger partial charge is 0.494 e. The molecule has 110 heavy (non-hydrogen) atoms. The predicted molar refractivity (Wildman–Crippen MR) is 452 cm³/mol. The Morgan fingerprint density at radius 3 is 0.945 bits per heavy atom. The summed E-state index contributed by atoms with van der Waals surface area (Å²) >= 11 is 0. The van der Waals surface area contributed by atoms with Gasteiger partial charge in [-0.05, 0) is 248 Å². The molecule has 5 aromatic heterocycles. The Balaban J connectivity index is 0.000000215. The summed E-state index contributed by atoms with van der Waals surface area (Å²) in [6, 6.07) is 43.9. The number of hydrogen-bond acceptors (Lipinski definition) is 14. The molecule has 0 bridgehead atoms. The Morgan fingerprint density at radius 1 is 0.355 bits per heavy atom. The van der Waals surface area contributed by atoms with E-state index in [1.807, 2.05) is 164 Å². The SMILES string of the molecule is CC(C)Oc1ccc(-n2ncc(C(C)C)cc2=O)cc1.CC(C)c1cnn(-c2ccc(C(C)(C)C)cc2)c(=O)c1.CC(C)c1cnn(-c2ccc(OCCC(C)(C)C)cc2)c(=O)c1.Cc1nc(-c2ccc(OCCC(C)(C)C)cc2)nc(C)c1C(C)C.Cc1nc(-c2ccc(OCCC(C)(C)C)cc2)ncc1C(C)C. The minimum Gasteiger partial charge on any atom is -0.494 e. The predicted octanol–water partition coefficient (Wildman–Crippen LogP) is 22.1. The number of aryl methyl sites for hydroxylation is 3. The lowest BCUT2D eigenvalue weighted by Gasteiger charge is -2.19. The van der Waals surface area contributed by atoms with Crippen LogP contribution in [0.4, 0.5) is 0 Å². The van der Waals surface area contributed by atoms with Crippen molar-refractivity contribution < 1.29 is 18.9 Å². The highest BCUT2D eigenvalue weighted by molar-refractivity contribution is 5.58. The maximum atomic E-state index is 12.2. The third-order valence-corrected chi connectivity index (χ3v) is 18.1. The molecule has 0 atom stereocenters. The summed E-state index contributed by atoms with van der Waals surface area (Å²) in [7, 11) is 0. The normalized spacial score (nSPS) is 11.7. The summed E-state index contributed by atoms with van der Waals surface area (Å²) in [5, 5.41) is 12.7. The zero-order valence-electron chi connectivity index (χ0n) is 71.1. The average Bonchev–Trinajstić information content (AvgIpc) is 0.831. The highest BCUT2D eigenvalue weighted by Gasteiger charge is 2.19. The van der Waals surface area contributed by atoms with Crippen LogP contribution in [-0.4, -0.2) is 75.2 Å². The third-order valence-electron chi connectivity index (χ3n) is 18.1. The van der Waals surface area contributed by atoms with Gasteiger partial charge in [0.2, 0.25) is 0 Å². The first-order chi connectivity index (χ1) is 51.4. The van der Waals surface area contributed by atoms with E-state index in [4.69, 9.17) is 28.9 Å². The Bertz CT molecular complexity index is 4660. The van der Waals surface area contributed by atoms with Crippen molar-refractivity contribution in [2.45, 2.75) is 247 Å². The molecule has 0 spiro atoms. The first-order valence-corrected chi connectivity index (χ1v) is 39.0. The van der Waals surface area contributed by atoms with Crippen molar-refractivity contribution in [3.63, 3.8) is 0 Å². The maximum Gasteiger partial charge on any atom is 0.271 e. The highest BCUT2D eigenvalue weighted by Crippen LogP contribution is 2.30. The topological polar surface area (TPSA) is 193 Å². The second-order valence-electron chi connectivity index (χ2n) is 34.7. The molecule has 10 rings (SSSR count). The molecule has 10 aromatic rings. The van der Waals surface area contributed by atoms with Crippen LogP contribution in [0.25, 0.3) is 39.8 Å². The average molecular weight is 1500 g/mol. The quantitative estimate of drug-likeness (QED) is 0.0659. The van der Waals surface area contributed by atoms with Crippen molar-refractivity contribution in [1.29, 1.82) is 0 Å². The van der Waals surface area contributed by atoms with Crippen LogP contribution in [0.5, 0.6) is 23.0 Å². The van der Waals surface area contributed by atoms with E-state index < -0.39 is 0 Å². The first-order valence-electron chi connectivity index (χ1n) is 39.0. The van der Waals surface area contributed by atoms with Gasteiger partial charge in [0.15, 0.2) is 11.6 Å². The van der Waals surface area contributed by atoms with Crippen LogP contribution >= 0.6 is 0 Å². The van der Waals surface area contributed by atoms with Gasteiger partial charge in [0.25, 0.3) is 16.7 Å². The molecule has 0 amide bonds. The smallest absolute Gasteiger partial charge is 0.271 e. The molecule has 0 unspecified atom stereocenters. The summed E-state index contributed by atoms with van der Waals surface area (Å²) in [5.74, 6) is 6.75. The standard InChI is InChI=1S/C21H30N2O.C20H28N2O.C19H26N2O2.C17H22N2O.C16H20N2O2/c1-14(2)19-15(3)22-20(23-16(19)4)17-8-10-18(11-9-17)24-13-12-21(5,6)7;1-14(2)18-13-21-19(22-15(18)3)16-7-9-17(10-8-16)23-12-11-20(4,5)6;1-14(2)15-12-18(22)21(20-13-15)16-6-8-17(9-7-16)23-11-10-19(3,4)5;1-12(2)13-10-16(20)19(18-11-13)15-8-6-14(7-9-15)17(3,4)5;1-11(2)13-9-16(19)18(17-10-13)14-5-7-15(8-6-14)20-12(3)4/h8-11,14H,12-13H2,1-7H3;7-10,13-14H,11-12H2,1-6H3;6-9,12-14H,10-11H2,1-5H3;6-12H,1-5H3;5-12H,1-4H3. The molecule has 0 N–H and O–H groups in total. The summed E-state index contributed by atoms with van der Waals surface area (Å²) in [5.41, 5.74) is 14.7. The van der Waals surface area contributed by atoms with Gasteiger partial charge < -0.3 is 18.9 Å². The van der Waals surface area contributed by atoms with Crippen LogP contribution in [0.3, 0.4) is 0 Å². The summed E-state index contributed by atoms with van der Waals surface area (Å²) < 4.78 is 27.2. The van der Waals surface area contributed by atoms with Crippen LogP contribution in [-0.2, 0) is 5.41 Å². The zero-order chi connectivity index (χ0) is 81.6. The first kappa shape index (κ1) is 89.0. The van der Waals surface area contributed by atoms with Crippen molar-refractivity contribution in [2.75, 3.05) is 19.8 Å². The molecule has 0 aliphatic carbocycles. The van der Waals surface area contributed by atoms with E-state index in [9.17, 15) is 14.4 Å². The van der Waals surface area contributed by atoms with Crippen LogP contribution in [0.2, 0.25) is 0 Å². The molecule has 0 fully saturated rings. The van der Waals surface area contributed by atoms with Gasteiger partial charge in [-0.25, -0.2) is 19.9 Å². The minimum absolute atomic E-state index is 0.0836. The molecule has 0 saturated carbocycles. The number of hydrogen-bond donors (Lipinski definition) is 0. The molecule has 5 aromatic carbocycles. The highest BCUT2D eigenvalue weighted by atomic mass is 16.5. The number of benzene rings is 5. The van der Waals surface area contributed by atoms with Gasteiger partial charge in [-0.15, -0.1) is 0 Å². The molecule has 17 nitrogen and oxygen atoms in total. The Hall–Kier alpha value is -9.90. The van der Waals surface area contributed by atoms with E-state index in [2.05, 4.69) is 176 Å². The van der Waals surface area contributed by atoms with Gasteiger partial charge in [-0.2, -0.15) is 29.3 Å². The molecular formula is C93H126N10O7. The van der Waals surface area contributed by atoms with E-state index in [0.29, 0.717) is 47.0 Å². The van der Waals surface area contributed by atoms with Gasteiger partial charge in [-0.3, -0.25) is 14.4 Å². The molecule has 0 aliphatic rings. The fraction of sp³-hybridized carbons (Fsp3) is 0.462. The van der Waals surface area contributed by atoms with Crippen LogP contribution in [0.15, 0.2) is 179 Å². The van der Waals surface area contributed by atoms with Gasteiger partial charge in [0.05, 0.1) is 61.6 Å². The Labute approximate surface area is 656 Å². The van der Waals surface area contributed by atoms with Crippen molar-refractivity contribution >= 4 is 0 Å². The Morgan fingerprint density at radius 2 is 0.664 bits per heavy atom. The van der Waals surface area contributed by atoms with E-state index in [-0.39, 0.29) is 33.6 Å². The van der Waals surface area contributed by atoms with Crippen molar-refractivity contribution in [2.24, 2.45) is 16.2 Å². The number of nitrogens with zero attached hydrogens (tertiary/aromatic N) is 10. The van der Waals surface area contributed by atoms with Crippen LogP contribution in [0.1, 0.15) is 265 Å². The molecule has 590 valence electrons. The van der Waals surface area contributed by atoms with Crippen molar-refractivity contribution in [3.05, 3.63) is 246 Å². The van der Waals surface area contributed by atoms with E-state index >= 15 is 0 Å². The molecular weight excluding hydrogens is 1370 g/mol. The summed E-state index contributed by atoms with van der Waals surface area (Å²) in [6.07, 6.45) is 10.4. The second kappa shape index (κ2) is 40.2. The number of aromatic nitrogens is 10. The molecule has 5 heterocycles. The Kier molecular flexibility index (Phi) is 32.5. The van der Waals surface area contributed by atoms with Gasteiger partial charge >= 0.3 is 0 Å². The van der Waals surface area contributed by atoms with Gasteiger partial charge in [0.1, 0.15) is 23.0 Å². The number of ether oxygens (including phenoxy) is 4. The van der Waals surface area contributed by atoms with Crippen molar-refractivity contribution in [1.82, 2.24) is 49.3 Å². The lowest BCUT2D eigenvalue weighted by atomic mass is 9.87. The maximum absolute atomic E-state index is 12.2. The van der Waals surface area contributed by atoms with Crippen LogP contribution in [0, 0.1) is 37.0 Å². The van der Waals surface area contributed by atoms with E-state index in [0.717, 1.165) is 129 Å². The molecule has 0 saturated heterocycles. The minimum atomic E-state index is -0.117. The van der Waals surface area contributed by atoms with E-state index in [1.165, 1.54) is 30.7 Å². The summed E-state index contributed by atoms with van der Waals surface area (Å²) in [6.45, 7) is 59.7. The fourth-order valence-electron chi connectivity index (χ4n) is 11.2. The molecule has 0 aliphatic heterocycles. The number of rotatable bonds is 21. The molecule has 0 radical (unpaired) electrons. The monoisotopic (exact) mass is 1490 g/mol. The van der Waals surface area contributed by atoms with Crippen LogP contribution < -0.4 is 35.6 Å². The van der Waals surface area contributed by atoms with E-state index in [1.54, 1.807) is 36.8 Å². The second-order valence-corrected chi connectivity index (χ2v) is 34.7. The third kappa shape index (κ3) is 28.8. The van der Waals surface area contributed by atoms with Crippen molar-refractivity contribution in [3.8, 4) is 62.8 Å².